The normalized spacial score (nSPS) is 15.4. The summed E-state index contributed by atoms with van der Waals surface area (Å²) >= 11 is 0. The molecular formula is C5H5N3O2. The second-order valence-corrected chi connectivity index (χ2v) is 1.65. The number of carbonyl (C=O) groups excluding carboxylic acids is 1. The Balaban J connectivity index is 2.64. The van der Waals surface area contributed by atoms with Gasteiger partial charge < -0.3 is 5.32 Å². The van der Waals surface area contributed by atoms with Gasteiger partial charge in [-0.3, -0.25) is 9.79 Å². The summed E-state index contributed by atoms with van der Waals surface area (Å²) < 4.78 is 0. The van der Waals surface area contributed by atoms with Crippen molar-refractivity contribution in [3.8, 4) is 0 Å². The molecule has 5 heteroatoms. The van der Waals surface area contributed by atoms with Crippen LogP contribution in [0.3, 0.4) is 0 Å². The molecule has 1 heterocycles. The number of hydrogen-bond acceptors (Lipinski definition) is 4. The second-order valence-electron chi connectivity index (χ2n) is 1.65. The van der Waals surface area contributed by atoms with Gasteiger partial charge in [-0.2, -0.15) is 0 Å². The third-order valence-electron chi connectivity index (χ3n) is 1.03. The maximum atomic E-state index is 10.5. The number of rotatable bonds is 1. The molecule has 1 aliphatic rings. The van der Waals surface area contributed by atoms with Crippen LogP contribution in [0.4, 0.5) is 0 Å². The largest absolute Gasteiger partial charge is 0.342 e. The molecule has 0 spiro atoms. The molecular weight excluding hydrogens is 134 g/mol. The number of hydrogen-bond donors (Lipinski definition) is 1. The van der Waals surface area contributed by atoms with E-state index in [-0.39, 0.29) is 5.70 Å². The van der Waals surface area contributed by atoms with Gasteiger partial charge in [0.05, 0.1) is 12.9 Å². The van der Waals surface area contributed by atoms with Crippen LogP contribution in [0.15, 0.2) is 21.9 Å². The highest BCUT2D eigenvalue weighted by Gasteiger charge is 2.08. The highest BCUT2D eigenvalue weighted by Crippen LogP contribution is 1.94. The summed E-state index contributed by atoms with van der Waals surface area (Å²) in [7, 11) is 0. The Labute approximate surface area is 56.8 Å². The first-order valence-corrected chi connectivity index (χ1v) is 2.67. The van der Waals surface area contributed by atoms with E-state index in [9.17, 15) is 9.70 Å². The van der Waals surface area contributed by atoms with Crippen LogP contribution in [-0.2, 0) is 4.79 Å². The molecule has 52 valence electrons. The zero-order valence-corrected chi connectivity index (χ0v) is 5.07. The van der Waals surface area contributed by atoms with Gasteiger partial charge in [-0.1, -0.05) is 0 Å². The van der Waals surface area contributed by atoms with Crippen LogP contribution in [0.25, 0.3) is 0 Å². The van der Waals surface area contributed by atoms with Crippen molar-refractivity contribution in [1.82, 2.24) is 5.32 Å². The fourth-order valence-corrected chi connectivity index (χ4v) is 0.569. The number of nitrogens with zero attached hydrogens (tertiary/aromatic N) is 2. The summed E-state index contributed by atoms with van der Waals surface area (Å²) in [6.07, 6.45) is 2.86. The zero-order chi connectivity index (χ0) is 7.40. The third-order valence-corrected chi connectivity index (χ3v) is 1.03. The molecule has 0 fully saturated rings. The predicted octanol–water partition coefficient (Wildman–Crippen LogP) is -0.205. The van der Waals surface area contributed by atoms with Crippen molar-refractivity contribution in [2.75, 3.05) is 6.54 Å². The first kappa shape index (κ1) is 6.60. The summed E-state index contributed by atoms with van der Waals surface area (Å²) in [6, 6.07) is 0. The van der Waals surface area contributed by atoms with Crippen LogP contribution in [0.1, 0.15) is 0 Å². The SMILES string of the molecule is O=NC(=O)C1=CCN=CN1. The Hall–Kier alpha value is -1.52. The summed E-state index contributed by atoms with van der Waals surface area (Å²) in [5.41, 5.74) is 0.199. The van der Waals surface area contributed by atoms with E-state index in [1.807, 2.05) is 0 Å². The molecule has 1 aliphatic heterocycles. The first-order chi connectivity index (χ1) is 4.84. The molecule has 10 heavy (non-hydrogen) atoms. The minimum atomic E-state index is -0.786. The Bertz CT molecular complexity index is 219. The molecule has 0 aromatic carbocycles. The average Bonchev–Trinajstić information content (AvgIpc) is 2.05. The van der Waals surface area contributed by atoms with E-state index in [0.29, 0.717) is 6.54 Å². The highest BCUT2D eigenvalue weighted by atomic mass is 16.3. The van der Waals surface area contributed by atoms with E-state index in [1.54, 1.807) is 0 Å². The van der Waals surface area contributed by atoms with Gasteiger partial charge in [-0.05, 0) is 6.08 Å². The maximum Gasteiger partial charge on any atom is 0.332 e. The fraction of sp³-hybridized carbons (Fsp3) is 0.200. The van der Waals surface area contributed by atoms with Gasteiger partial charge in [0, 0.05) is 5.18 Å². The summed E-state index contributed by atoms with van der Waals surface area (Å²) in [5, 5.41) is 4.73. The number of amides is 1. The van der Waals surface area contributed by atoms with Gasteiger partial charge in [-0.15, -0.1) is 4.91 Å². The molecule has 1 amide bonds. The minimum absolute atomic E-state index is 0.199. The Morgan fingerprint density at radius 1 is 1.80 bits per heavy atom. The molecule has 0 atom stereocenters. The van der Waals surface area contributed by atoms with E-state index < -0.39 is 5.91 Å². The summed E-state index contributed by atoms with van der Waals surface area (Å²) in [4.78, 5) is 23.9. The minimum Gasteiger partial charge on any atom is -0.342 e. The quantitative estimate of drug-likeness (QED) is 0.511. The number of nitrogens with one attached hydrogen (secondary N) is 1. The van der Waals surface area contributed by atoms with Crippen LogP contribution in [0, 0.1) is 4.91 Å². The topological polar surface area (TPSA) is 70.9 Å². The number of aliphatic imine (C=N–C) groups is 1. The van der Waals surface area contributed by atoms with Crippen molar-refractivity contribution >= 4 is 12.2 Å². The lowest BCUT2D eigenvalue weighted by molar-refractivity contribution is -0.114. The van der Waals surface area contributed by atoms with Crippen LogP contribution in [-0.4, -0.2) is 18.8 Å². The van der Waals surface area contributed by atoms with Crippen LogP contribution in [0.5, 0.6) is 0 Å². The first-order valence-electron chi connectivity index (χ1n) is 2.67. The Kier molecular flexibility index (Phi) is 1.89. The Morgan fingerprint density at radius 2 is 2.60 bits per heavy atom. The van der Waals surface area contributed by atoms with E-state index in [1.165, 1.54) is 12.4 Å². The smallest absolute Gasteiger partial charge is 0.332 e. The average molecular weight is 139 g/mol. The standard InChI is InChI=1S/C5H5N3O2/c9-5(8-10)4-1-2-6-3-7-4/h1,3H,2H2,(H,6,7). The Morgan fingerprint density at radius 3 is 3.10 bits per heavy atom. The lowest BCUT2D eigenvalue weighted by Gasteiger charge is -2.02. The monoisotopic (exact) mass is 139 g/mol. The van der Waals surface area contributed by atoms with E-state index in [4.69, 9.17) is 0 Å². The molecule has 0 aromatic rings. The molecule has 0 radical (unpaired) electrons. The van der Waals surface area contributed by atoms with Gasteiger partial charge >= 0.3 is 5.91 Å². The van der Waals surface area contributed by atoms with Gasteiger partial charge in [0.1, 0.15) is 5.70 Å². The highest BCUT2D eigenvalue weighted by molar-refractivity contribution is 5.96. The lowest BCUT2D eigenvalue weighted by atomic mass is 10.3. The molecule has 1 N–H and O–H groups in total. The molecule has 0 bridgehead atoms. The fourth-order valence-electron chi connectivity index (χ4n) is 0.569. The van der Waals surface area contributed by atoms with Crippen molar-refractivity contribution in [2.45, 2.75) is 0 Å². The molecule has 0 aliphatic carbocycles. The van der Waals surface area contributed by atoms with E-state index in [0.717, 1.165) is 0 Å². The van der Waals surface area contributed by atoms with Gasteiger partial charge in [0.25, 0.3) is 0 Å². The maximum absolute atomic E-state index is 10.5. The van der Waals surface area contributed by atoms with Crippen LogP contribution >= 0.6 is 0 Å². The second kappa shape index (κ2) is 2.86. The van der Waals surface area contributed by atoms with Crippen molar-refractivity contribution in [3.63, 3.8) is 0 Å². The molecule has 0 saturated heterocycles. The molecule has 5 nitrogen and oxygen atoms in total. The van der Waals surface area contributed by atoms with Gasteiger partial charge in [0.15, 0.2) is 0 Å². The van der Waals surface area contributed by atoms with E-state index >= 15 is 0 Å². The molecule has 1 rings (SSSR count). The van der Waals surface area contributed by atoms with Crippen molar-refractivity contribution in [1.29, 1.82) is 0 Å². The number of carbonyl (C=O) groups is 1. The summed E-state index contributed by atoms with van der Waals surface area (Å²) in [6.45, 7) is 0.420. The van der Waals surface area contributed by atoms with E-state index in [2.05, 4.69) is 15.5 Å². The lowest BCUT2D eigenvalue weighted by Crippen LogP contribution is -2.20. The van der Waals surface area contributed by atoms with Crippen molar-refractivity contribution in [2.24, 2.45) is 10.2 Å². The van der Waals surface area contributed by atoms with Gasteiger partial charge in [-0.25, -0.2) is 0 Å². The van der Waals surface area contributed by atoms with Crippen molar-refractivity contribution in [3.05, 3.63) is 16.7 Å². The summed E-state index contributed by atoms with van der Waals surface area (Å²) in [5.74, 6) is -0.786. The van der Waals surface area contributed by atoms with Crippen LogP contribution < -0.4 is 5.32 Å². The zero-order valence-electron chi connectivity index (χ0n) is 5.07. The van der Waals surface area contributed by atoms with Crippen molar-refractivity contribution < 1.29 is 4.79 Å². The molecule has 0 unspecified atom stereocenters. The molecule has 0 aromatic heterocycles. The molecule has 0 saturated carbocycles. The number of nitroso groups, excluding NO2 is 1. The predicted molar refractivity (Wildman–Crippen MR) is 35.4 cm³/mol. The third kappa shape index (κ3) is 1.25. The van der Waals surface area contributed by atoms with Crippen LogP contribution in [0.2, 0.25) is 0 Å². The van der Waals surface area contributed by atoms with Gasteiger partial charge in [0.2, 0.25) is 0 Å².